The SMILES string of the molecule is Cn1c(SCC(=O)NCCCc2ccccc2)nc2ccccc2c1=O. The number of para-hydroxylation sites is 1. The van der Waals surface area contributed by atoms with Crippen molar-refractivity contribution in [2.24, 2.45) is 7.05 Å². The lowest BCUT2D eigenvalue weighted by Crippen LogP contribution is -2.27. The fourth-order valence-corrected chi connectivity index (χ4v) is 3.47. The second-order valence-electron chi connectivity index (χ2n) is 6.00. The Balaban J connectivity index is 1.51. The molecule has 1 aromatic heterocycles. The monoisotopic (exact) mass is 367 g/mol. The van der Waals surface area contributed by atoms with Gasteiger partial charge in [-0.15, -0.1) is 0 Å². The largest absolute Gasteiger partial charge is 0.355 e. The van der Waals surface area contributed by atoms with E-state index in [-0.39, 0.29) is 17.2 Å². The first-order valence-electron chi connectivity index (χ1n) is 8.54. The molecule has 1 amide bonds. The fourth-order valence-electron chi connectivity index (χ4n) is 2.67. The van der Waals surface area contributed by atoms with Crippen LogP contribution in [0.4, 0.5) is 0 Å². The van der Waals surface area contributed by atoms with Gasteiger partial charge in [0, 0.05) is 13.6 Å². The molecule has 2 aromatic carbocycles. The highest BCUT2D eigenvalue weighted by atomic mass is 32.2. The number of aryl methyl sites for hydroxylation is 1. The van der Waals surface area contributed by atoms with E-state index in [1.54, 1.807) is 13.1 Å². The number of nitrogens with zero attached hydrogens (tertiary/aromatic N) is 2. The average Bonchev–Trinajstić information content (AvgIpc) is 2.68. The minimum absolute atomic E-state index is 0.0505. The number of fused-ring (bicyclic) bond motifs is 1. The summed E-state index contributed by atoms with van der Waals surface area (Å²) in [6.45, 7) is 0.637. The Morgan fingerprint density at radius 1 is 1.12 bits per heavy atom. The molecule has 0 aliphatic heterocycles. The van der Waals surface area contributed by atoms with E-state index >= 15 is 0 Å². The van der Waals surface area contributed by atoms with Gasteiger partial charge >= 0.3 is 0 Å². The van der Waals surface area contributed by atoms with Crippen LogP contribution in [-0.2, 0) is 18.3 Å². The molecule has 134 valence electrons. The van der Waals surface area contributed by atoms with Gasteiger partial charge in [0.05, 0.1) is 16.7 Å². The third-order valence-corrected chi connectivity index (χ3v) is 5.11. The number of carbonyl (C=O) groups is 1. The van der Waals surface area contributed by atoms with Gasteiger partial charge in [-0.3, -0.25) is 14.2 Å². The quantitative estimate of drug-likeness (QED) is 0.396. The minimum atomic E-state index is -0.0960. The summed E-state index contributed by atoms with van der Waals surface area (Å²) in [7, 11) is 1.68. The van der Waals surface area contributed by atoms with Gasteiger partial charge in [-0.2, -0.15) is 0 Å². The predicted molar refractivity (Wildman–Crippen MR) is 105 cm³/mol. The molecule has 3 aromatic rings. The molecule has 0 saturated heterocycles. The Morgan fingerprint density at radius 3 is 2.65 bits per heavy atom. The van der Waals surface area contributed by atoms with Crippen molar-refractivity contribution in [3.63, 3.8) is 0 Å². The van der Waals surface area contributed by atoms with Crippen LogP contribution in [0, 0.1) is 0 Å². The Morgan fingerprint density at radius 2 is 1.85 bits per heavy atom. The zero-order valence-electron chi connectivity index (χ0n) is 14.6. The highest BCUT2D eigenvalue weighted by Gasteiger charge is 2.10. The van der Waals surface area contributed by atoms with Crippen LogP contribution in [0.25, 0.3) is 10.9 Å². The summed E-state index contributed by atoms with van der Waals surface area (Å²) in [5.74, 6) is 0.190. The van der Waals surface area contributed by atoms with E-state index in [1.165, 1.54) is 21.9 Å². The molecule has 0 bridgehead atoms. The summed E-state index contributed by atoms with van der Waals surface area (Å²) < 4.78 is 1.50. The molecular weight excluding hydrogens is 346 g/mol. The third-order valence-electron chi connectivity index (χ3n) is 4.08. The van der Waals surface area contributed by atoms with Crippen LogP contribution < -0.4 is 10.9 Å². The van der Waals surface area contributed by atoms with E-state index in [1.807, 2.05) is 36.4 Å². The summed E-state index contributed by atoms with van der Waals surface area (Å²) in [4.78, 5) is 28.9. The van der Waals surface area contributed by atoms with Crippen molar-refractivity contribution in [1.82, 2.24) is 14.9 Å². The molecule has 6 heteroatoms. The molecule has 0 fully saturated rings. The molecule has 0 spiro atoms. The number of nitrogens with one attached hydrogen (secondary N) is 1. The van der Waals surface area contributed by atoms with Crippen LogP contribution >= 0.6 is 11.8 Å². The first-order chi connectivity index (χ1) is 12.6. The van der Waals surface area contributed by atoms with Crippen molar-refractivity contribution in [3.05, 3.63) is 70.5 Å². The van der Waals surface area contributed by atoms with E-state index in [0.29, 0.717) is 22.6 Å². The Kier molecular flexibility index (Phi) is 6.07. The molecule has 0 atom stereocenters. The van der Waals surface area contributed by atoms with Gasteiger partial charge in [0.2, 0.25) is 5.91 Å². The fraction of sp³-hybridized carbons (Fsp3) is 0.250. The molecule has 1 N–H and O–H groups in total. The molecule has 0 saturated carbocycles. The van der Waals surface area contributed by atoms with Crippen molar-refractivity contribution < 1.29 is 4.79 Å². The maximum Gasteiger partial charge on any atom is 0.261 e. The molecular formula is C20H21N3O2S. The van der Waals surface area contributed by atoms with Crippen molar-refractivity contribution in [2.75, 3.05) is 12.3 Å². The maximum atomic E-state index is 12.3. The first kappa shape index (κ1) is 18.2. The van der Waals surface area contributed by atoms with Gasteiger partial charge in [0.1, 0.15) is 0 Å². The van der Waals surface area contributed by atoms with Crippen LogP contribution in [-0.4, -0.2) is 27.8 Å². The van der Waals surface area contributed by atoms with Crippen LogP contribution in [0.15, 0.2) is 64.5 Å². The zero-order valence-corrected chi connectivity index (χ0v) is 15.5. The third kappa shape index (κ3) is 4.52. The van der Waals surface area contributed by atoms with E-state index in [2.05, 4.69) is 22.4 Å². The van der Waals surface area contributed by atoms with Crippen molar-refractivity contribution in [2.45, 2.75) is 18.0 Å². The Bertz CT molecular complexity index is 954. The van der Waals surface area contributed by atoms with Crippen LogP contribution in [0.5, 0.6) is 0 Å². The summed E-state index contributed by atoms with van der Waals surface area (Å²) in [5, 5.41) is 4.06. The molecule has 1 heterocycles. The lowest BCUT2D eigenvalue weighted by Gasteiger charge is -2.09. The number of hydrogen-bond donors (Lipinski definition) is 1. The highest BCUT2D eigenvalue weighted by molar-refractivity contribution is 7.99. The molecule has 5 nitrogen and oxygen atoms in total. The topological polar surface area (TPSA) is 64.0 Å². The Hall–Kier alpha value is -2.60. The van der Waals surface area contributed by atoms with Gasteiger partial charge in [-0.25, -0.2) is 4.98 Å². The van der Waals surface area contributed by atoms with E-state index in [4.69, 9.17) is 0 Å². The number of hydrogen-bond acceptors (Lipinski definition) is 4. The van der Waals surface area contributed by atoms with Crippen LogP contribution in [0.3, 0.4) is 0 Å². The predicted octanol–water partition coefficient (Wildman–Crippen LogP) is 2.77. The van der Waals surface area contributed by atoms with Gasteiger partial charge < -0.3 is 5.32 Å². The maximum absolute atomic E-state index is 12.3. The molecule has 0 aliphatic carbocycles. The van der Waals surface area contributed by atoms with Crippen LogP contribution in [0.1, 0.15) is 12.0 Å². The minimum Gasteiger partial charge on any atom is -0.355 e. The second kappa shape index (κ2) is 8.67. The molecule has 0 aliphatic rings. The van der Waals surface area contributed by atoms with Gasteiger partial charge in [-0.05, 0) is 30.5 Å². The molecule has 3 rings (SSSR count). The summed E-state index contributed by atoms with van der Waals surface area (Å²) in [5.41, 5.74) is 1.83. The van der Waals surface area contributed by atoms with Crippen molar-refractivity contribution >= 4 is 28.6 Å². The van der Waals surface area contributed by atoms with Gasteiger partial charge in [-0.1, -0.05) is 54.2 Å². The number of aromatic nitrogens is 2. The average molecular weight is 367 g/mol. The molecule has 26 heavy (non-hydrogen) atoms. The molecule has 0 unspecified atom stereocenters. The summed E-state index contributed by atoms with van der Waals surface area (Å²) in [6.07, 6.45) is 1.84. The second-order valence-corrected chi connectivity index (χ2v) is 6.95. The highest BCUT2D eigenvalue weighted by Crippen LogP contribution is 2.16. The summed E-state index contributed by atoms with van der Waals surface area (Å²) >= 11 is 1.28. The lowest BCUT2D eigenvalue weighted by molar-refractivity contribution is -0.118. The summed E-state index contributed by atoms with van der Waals surface area (Å²) in [6, 6.07) is 17.5. The number of benzene rings is 2. The van der Waals surface area contributed by atoms with E-state index < -0.39 is 0 Å². The Labute approximate surface area is 156 Å². The normalized spacial score (nSPS) is 10.8. The van der Waals surface area contributed by atoms with Crippen molar-refractivity contribution in [3.8, 4) is 0 Å². The number of carbonyl (C=O) groups excluding carboxylic acids is 1. The van der Waals surface area contributed by atoms with Gasteiger partial charge in [0.25, 0.3) is 5.56 Å². The number of rotatable bonds is 7. The van der Waals surface area contributed by atoms with Gasteiger partial charge in [0.15, 0.2) is 5.16 Å². The lowest BCUT2D eigenvalue weighted by atomic mass is 10.1. The van der Waals surface area contributed by atoms with E-state index in [9.17, 15) is 9.59 Å². The zero-order chi connectivity index (χ0) is 18.4. The van der Waals surface area contributed by atoms with Crippen molar-refractivity contribution in [1.29, 1.82) is 0 Å². The standard InChI is InChI=1S/C20H21N3O2S/c1-23-19(25)16-11-5-6-12-17(16)22-20(23)26-14-18(24)21-13-7-10-15-8-3-2-4-9-15/h2-6,8-9,11-12H,7,10,13-14H2,1H3,(H,21,24). The first-order valence-corrected chi connectivity index (χ1v) is 9.53. The molecule has 0 radical (unpaired) electrons. The van der Waals surface area contributed by atoms with Crippen LogP contribution in [0.2, 0.25) is 0 Å². The smallest absolute Gasteiger partial charge is 0.261 e. The number of amides is 1. The van der Waals surface area contributed by atoms with E-state index in [0.717, 1.165) is 12.8 Å². The number of thioether (sulfide) groups is 1.